The van der Waals surface area contributed by atoms with E-state index in [9.17, 15) is 0 Å². The van der Waals surface area contributed by atoms with Gasteiger partial charge >= 0.3 is 0 Å². The van der Waals surface area contributed by atoms with Gasteiger partial charge in [-0.15, -0.1) is 0 Å². The largest absolute Gasteiger partial charge is 0.361 e. The highest BCUT2D eigenvalue weighted by Gasteiger charge is 2.25. The number of hydrogen-bond donors (Lipinski definition) is 1. The van der Waals surface area contributed by atoms with E-state index in [-0.39, 0.29) is 0 Å². The molecule has 0 aromatic carbocycles. The predicted octanol–water partition coefficient (Wildman–Crippen LogP) is 2.66. The van der Waals surface area contributed by atoms with Gasteiger partial charge in [0.05, 0.1) is 6.20 Å². The number of hydrogen-bond acceptors (Lipinski definition) is 4. The molecule has 1 aliphatic heterocycles. The minimum absolute atomic E-state index is 0.597. The molecular formula is C16H22N4O. The Morgan fingerprint density at radius 3 is 3.14 bits per heavy atom. The third kappa shape index (κ3) is 2.62. The Morgan fingerprint density at radius 1 is 1.29 bits per heavy atom. The van der Waals surface area contributed by atoms with E-state index in [4.69, 9.17) is 4.52 Å². The molecule has 21 heavy (non-hydrogen) atoms. The van der Waals surface area contributed by atoms with Crippen LogP contribution < -0.4 is 0 Å². The average Bonchev–Trinajstić information content (AvgIpc) is 3.18. The van der Waals surface area contributed by atoms with E-state index >= 15 is 0 Å². The van der Waals surface area contributed by atoms with Crippen molar-refractivity contribution in [3.05, 3.63) is 35.0 Å². The Morgan fingerprint density at radius 2 is 2.24 bits per heavy atom. The Kier molecular flexibility index (Phi) is 3.51. The highest BCUT2D eigenvalue weighted by molar-refractivity contribution is 5.25. The van der Waals surface area contributed by atoms with E-state index in [1.807, 2.05) is 12.4 Å². The zero-order valence-corrected chi connectivity index (χ0v) is 12.3. The summed E-state index contributed by atoms with van der Waals surface area (Å²) in [5.74, 6) is 1.74. The SMILES string of the molecule is c1n[nH]cc1[C@@H]1CCCN(Cc2noc3c2CCCC3)C1. The first-order valence-electron chi connectivity index (χ1n) is 8.07. The van der Waals surface area contributed by atoms with Crippen LogP contribution in [0.5, 0.6) is 0 Å². The number of H-pyrrole nitrogens is 1. The minimum Gasteiger partial charge on any atom is -0.361 e. The van der Waals surface area contributed by atoms with Gasteiger partial charge in [-0.25, -0.2) is 0 Å². The Balaban J connectivity index is 1.46. The van der Waals surface area contributed by atoms with Gasteiger partial charge in [0.1, 0.15) is 11.5 Å². The van der Waals surface area contributed by atoms with Crippen LogP contribution in [-0.4, -0.2) is 33.3 Å². The van der Waals surface area contributed by atoms with Crippen LogP contribution in [0.25, 0.3) is 0 Å². The number of nitrogens with one attached hydrogen (secondary N) is 1. The van der Waals surface area contributed by atoms with Gasteiger partial charge < -0.3 is 4.52 Å². The maximum atomic E-state index is 5.54. The molecule has 5 heteroatoms. The van der Waals surface area contributed by atoms with Crippen molar-refractivity contribution in [3.63, 3.8) is 0 Å². The quantitative estimate of drug-likeness (QED) is 0.942. The molecule has 1 N–H and O–H groups in total. The van der Waals surface area contributed by atoms with Gasteiger partial charge in [0.2, 0.25) is 0 Å². The van der Waals surface area contributed by atoms with E-state index in [1.54, 1.807) is 0 Å². The fourth-order valence-electron chi connectivity index (χ4n) is 3.74. The van der Waals surface area contributed by atoms with Crippen molar-refractivity contribution in [1.29, 1.82) is 0 Å². The van der Waals surface area contributed by atoms with E-state index < -0.39 is 0 Å². The lowest BCUT2D eigenvalue weighted by Gasteiger charge is -2.31. The predicted molar refractivity (Wildman–Crippen MR) is 79.0 cm³/mol. The van der Waals surface area contributed by atoms with Crippen molar-refractivity contribution >= 4 is 0 Å². The molecule has 0 saturated carbocycles. The van der Waals surface area contributed by atoms with Gasteiger partial charge in [0.25, 0.3) is 0 Å². The summed E-state index contributed by atoms with van der Waals surface area (Å²) in [7, 11) is 0. The first-order chi connectivity index (χ1) is 10.4. The topological polar surface area (TPSA) is 58.0 Å². The van der Waals surface area contributed by atoms with Crippen molar-refractivity contribution in [2.45, 2.75) is 51.0 Å². The fourth-order valence-corrected chi connectivity index (χ4v) is 3.74. The van der Waals surface area contributed by atoms with E-state index in [0.29, 0.717) is 5.92 Å². The number of aromatic nitrogens is 3. The molecule has 1 aliphatic carbocycles. The van der Waals surface area contributed by atoms with Gasteiger partial charge in [-0.3, -0.25) is 10.00 Å². The molecule has 0 bridgehead atoms. The maximum Gasteiger partial charge on any atom is 0.140 e. The first kappa shape index (κ1) is 13.1. The molecule has 0 unspecified atom stereocenters. The molecule has 2 aliphatic rings. The second-order valence-corrected chi connectivity index (χ2v) is 6.34. The Hall–Kier alpha value is -1.62. The lowest BCUT2D eigenvalue weighted by atomic mass is 9.92. The molecule has 1 atom stereocenters. The van der Waals surface area contributed by atoms with Gasteiger partial charge in [0.15, 0.2) is 0 Å². The third-order valence-electron chi connectivity index (χ3n) is 4.90. The van der Waals surface area contributed by atoms with Crippen LogP contribution in [0.15, 0.2) is 16.9 Å². The number of aryl methyl sites for hydroxylation is 1. The normalized spacial score (nSPS) is 23.1. The lowest BCUT2D eigenvalue weighted by Crippen LogP contribution is -2.34. The van der Waals surface area contributed by atoms with Crippen LogP contribution in [0.1, 0.15) is 54.2 Å². The molecule has 0 amide bonds. The van der Waals surface area contributed by atoms with Crippen molar-refractivity contribution in [2.75, 3.05) is 13.1 Å². The second kappa shape index (κ2) is 5.64. The van der Waals surface area contributed by atoms with Crippen molar-refractivity contribution in [1.82, 2.24) is 20.3 Å². The molecule has 4 rings (SSSR count). The molecule has 0 radical (unpaired) electrons. The summed E-state index contributed by atoms with van der Waals surface area (Å²) < 4.78 is 5.54. The lowest BCUT2D eigenvalue weighted by molar-refractivity contribution is 0.195. The number of likely N-dealkylation sites (tertiary alicyclic amines) is 1. The standard InChI is InChI=1S/C16H22N4O/c1-2-6-16-14(5-1)15(19-21-16)11-20-7-3-4-12(10-20)13-8-17-18-9-13/h8-9,12H,1-7,10-11H2,(H,17,18)/t12-/m1/s1. The molecule has 2 aromatic heterocycles. The summed E-state index contributed by atoms with van der Waals surface area (Å²) in [4.78, 5) is 2.52. The Bertz CT molecular complexity index is 589. The molecule has 1 fully saturated rings. The number of piperidine rings is 1. The highest BCUT2D eigenvalue weighted by atomic mass is 16.5. The minimum atomic E-state index is 0.597. The molecule has 3 heterocycles. The summed E-state index contributed by atoms with van der Waals surface area (Å²) in [6.07, 6.45) is 11.2. The zero-order chi connectivity index (χ0) is 14.1. The summed E-state index contributed by atoms with van der Waals surface area (Å²) >= 11 is 0. The van der Waals surface area contributed by atoms with Crippen molar-refractivity contribution in [2.24, 2.45) is 0 Å². The Labute approximate surface area is 124 Å². The summed E-state index contributed by atoms with van der Waals surface area (Å²) in [6.45, 7) is 3.20. The highest BCUT2D eigenvalue weighted by Crippen LogP contribution is 2.29. The molecule has 5 nitrogen and oxygen atoms in total. The summed E-state index contributed by atoms with van der Waals surface area (Å²) in [6, 6.07) is 0. The van der Waals surface area contributed by atoms with Gasteiger partial charge in [-0.2, -0.15) is 5.10 Å². The van der Waals surface area contributed by atoms with Crippen LogP contribution >= 0.6 is 0 Å². The number of nitrogens with zero attached hydrogens (tertiary/aromatic N) is 3. The van der Waals surface area contributed by atoms with Crippen LogP contribution in [0.4, 0.5) is 0 Å². The molecule has 0 spiro atoms. The summed E-state index contributed by atoms with van der Waals surface area (Å²) in [5, 5.41) is 11.4. The van der Waals surface area contributed by atoms with Gasteiger partial charge in [-0.05, 0) is 50.1 Å². The summed E-state index contributed by atoms with van der Waals surface area (Å²) in [5.41, 5.74) is 3.91. The van der Waals surface area contributed by atoms with E-state index in [2.05, 4.69) is 20.3 Å². The van der Waals surface area contributed by atoms with Crippen LogP contribution in [-0.2, 0) is 19.4 Å². The van der Waals surface area contributed by atoms with Gasteiger partial charge in [0, 0.05) is 31.3 Å². The van der Waals surface area contributed by atoms with Crippen molar-refractivity contribution in [3.8, 4) is 0 Å². The van der Waals surface area contributed by atoms with Crippen LogP contribution in [0, 0.1) is 0 Å². The third-order valence-corrected chi connectivity index (χ3v) is 4.90. The second-order valence-electron chi connectivity index (χ2n) is 6.34. The smallest absolute Gasteiger partial charge is 0.140 e. The van der Waals surface area contributed by atoms with Crippen LogP contribution in [0.3, 0.4) is 0 Å². The molecule has 2 aromatic rings. The molecule has 1 saturated heterocycles. The average molecular weight is 286 g/mol. The molecular weight excluding hydrogens is 264 g/mol. The first-order valence-corrected chi connectivity index (χ1v) is 8.07. The number of fused-ring (bicyclic) bond motifs is 1. The number of aromatic amines is 1. The van der Waals surface area contributed by atoms with Crippen LogP contribution in [0.2, 0.25) is 0 Å². The number of rotatable bonds is 3. The van der Waals surface area contributed by atoms with E-state index in [0.717, 1.165) is 38.2 Å². The van der Waals surface area contributed by atoms with Gasteiger partial charge in [-0.1, -0.05) is 5.16 Å². The zero-order valence-electron chi connectivity index (χ0n) is 12.3. The van der Waals surface area contributed by atoms with E-state index in [1.165, 1.54) is 42.5 Å². The molecule has 112 valence electrons. The monoisotopic (exact) mass is 286 g/mol. The maximum absolute atomic E-state index is 5.54. The fraction of sp³-hybridized carbons (Fsp3) is 0.625. The van der Waals surface area contributed by atoms with Crippen molar-refractivity contribution < 1.29 is 4.52 Å².